The molecular formula is C38H52F2N4O2. The summed E-state index contributed by atoms with van der Waals surface area (Å²) in [6, 6.07) is 11.0. The van der Waals surface area contributed by atoms with Gasteiger partial charge in [0.15, 0.2) is 11.6 Å². The van der Waals surface area contributed by atoms with Gasteiger partial charge in [0.1, 0.15) is 11.6 Å². The first-order valence-corrected chi connectivity index (χ1v) is 16.8. The van der Waals surface area contributed by atoms with Crippen LogP contribution in [0, 0.1) is 38.3 Å². The zero-order chi connectivity index (χ0) is 33.5. The maximum Gasteiger partial charge on any atom is 0.159 e. The molecule has 1 aliphatic rings. The van der Waals surface area contributed by atoms with Crippen LogP contribution in [0.1, 0.15) is 108 Å². The molecule has 1 unspecified atom stereocenters. The number of aryl methyl sites for hydroxylation is 3. The molecular weight excluding hydrogens is 582 g/mol. The Labute approximate surface area is 273 Å². The van der Waals surface area contributed by atoms with Crippen molar-refractivity contribution in [2.24, 2.45) is 5.92 Å². The van der Waals surface area contributed by atoms with Crippen LogP contribution in [0.15, 0.2) is 53.2 Å². The lowest BCUT2D eigenvalue weighted by Crippen LogP contribution is -2.28. The average Bonchev–Trinajstić information content (AvgIpc) is 3.55. The Balaban J connectivity index is 0.000000459. The highest BCUT2D eigenvalue weighted by atomic mass is 19.2. The van der Waals surface area contributed by atoms with Crippen molar-refractivity contribution < 1.29 is 18.0 Å². The predicted octanol–water partition coefficient (Wildman–Crippen LogP) is 10.1. The van der Waals surface area contributed by atoms with Crippen LogP contribution in [-0.2, 0) is 4.74 Å². The number of halogens is 2. The summed E-state index contributed by atoms with van der Waals surface area (Å²) in [5.41, 5.74) is 7.17. The van der Waals surface area contributed by atoms with E-state index in [1.165, 1.54) is 17.4 Å². The number of nitrogens with zero attached hydrogens (tertiary/aromatic N) is 3. The van der Waals surface area contributed by atoms with E-state index in [1.807, 2.05) is 20.8 Å². The van der Waals surface area contributed by atoms with Crippen LogP contribution in [-0.4, -0.2) is 33.5 Å². The highest BCUT2D eigenvalue weighted by Crippen LogP contribution is 2.40. The number of benzene rings is 2. The first-order chi connectivity index (χ1) is 21.9. The van der Waals surface area contributed by atoms with Gasteiger partial charge in [-0.15, -0.1) is 0 Å². The van der Waals surface area contributed by atoms with Gasteiger partial charge in [0, 0.05) is 29.8 Å². The van der Waals surface area contributed by atoms with E-state index in [-0.39, 0.29) is 6.10 Å². The zero-order valence-corrected chi connectivity index (χ0v) is 28.9. The average molecular weight is 635 g/mol. The van der Waals surface area contributed by atoms with Crippen molar-refractivity contribution in [3.8, 4) is 11.1 Å². The van der Waals surface area contributed by atoms with Crippen LogP contribution in [0.5, 0.6) is 0 Å². The molecule has 2 aromatic carbocycles. The molecule has 0 spiro atoms. The largest absolute Gasteiger partial charge is 0.389 e. The van der Waals surface area contributed by atoms with Gasteiger partial charge >= 0.3 is 0 Å². The Kier molecular flexibility index (Phi) is 12.2. The zero-order valence-electron chi connectivity index (χ0n) is 28.9. The molecule has 2 heterocycles. The minimum absolute atomic E-state index is 0.282. The van der Waals surface area contributed by atoms with E-state index in [1.54, 1.807) is 6.92 Å². The highest BCUT2D eigenvalue weighted by Gasteiger charge is 2.31. The van der Waals surface area contributed by atoms with Gasteiger partial charge in [0.05, 0.1) is 28.9 Å². The first-order valence-electron chi connectivity index (χ1n) is 16.8. The molecule has 250 valence electrons. The topological polar surface area (TPSA) is 65.1 Å². The quantitative estimate of drug-likeness (QED) is 0.178. The second-order valence-electron chi connectivity index (χ2n) is 13.3. The number of hydrogen-bond acceptors (Lipinski definition) is 5. The molecule has 1 saturated carbocycles. The lowest BCUT2D eigenvalue weighted by molar-refractivity contribution is -0.0185. The number of rotatable bonds is 11. The molecule has 2 aromatic heterocycles. The van der Waals surface area contributed by atoms with Crippen molar-refractivity contribution >= 4 is 11.0 Å². The summed E-state index contributed by atoms with van der Waals surface area (Å²) in [5.74, 6) is 1.41. The molecule has 0 bridgehead atoms. The minimum atomic E-state index is -0.791. The molecule has 6 nitrogen and oxygen atoms in total. The summed E-state index contributed by atoms with van der Waals surface area (Å²) >= 11 is 0. The second-order valence-corrected chi connectivity index (χ2v) is 13.3. The summed E-state index contributed by atoms with van der Waals surface area (Å²) in [5, 5.41) is 7.64. The number of aromatic nitrogens is 3. The molecule has 2 atom stereocenters. The van der Waals surface area contributed by atoms with Gasteiger partial charge in [-0.05, 0) is 115 Å². The molecule has 4 aromatic rings. The van der Waals surface area contributed by atoms with Crippen LogP contribution < -0.4 is 5.32 Å². The van der Waals surface area contributed by atoms with Gasteiger partial charge in [-0.1, -0.05) is 44.1 Å². The molecule has 0 saturated heterocycles. The van der Waals surface area contributed by atoms with Gasteiger partial charge < -0.3 is 19.1 Å². The molecule has 0 radical (unpaired) electrons. The fraction of sp³-hybridized carbons (Fsp3) is 0.526. The van der Waals surface area contributed by atoms with E-state index in [2.05, 4.69) is 67.5 Å². The van der Waals surface area contributed by atoms with E-state index in [0.717, 1.165) is 96.6 Å². The van der Waals surface area contributed by atoms with Gasteiger partial charge in [-0.2, -0.15) is 0 Å². The number of hydrogen-bond donors (Lipinski definition) is 1. The third-order valence-corrected chi connectivity index (χ3v) is 9.13. The maximum absolute atomic E-state index is 12.2. The minimum Gasteiger partial charge on any atom is -0.389 e. The third kappa shape index (κ3) is 8.64. The summed E-state index contributed by atoms with van der Waals surface area (Å²) in [6.07, 6.45) is 7.26. The Hall–Kier alpha value is -3.52. The number of nitrogens with one attached hydrogen (secondary N) is 1. The van der Waals surface area contributed by atoms with Crippen molar-refractivity contribution in [3.63, 3.8) is 0 Å². The lowest BCUT2D eigenvalue weighted by atomic mass is 9.86. The molecule has 46 heavy (non-hydrogen) atoms. The summed E-state index contributed by atoms with van der Waals surface area (Å²) in [6.45, 7) is 21.6. The van der Waals surface area contributed by atoms with Gasteiger partial charge in [0.2, 0.25) is 0 Å². The van der Waals surface area contributed by atoms with E-state index in [4.69, 9.17) is 14.2 Å². The van der Waals surface area contributed by atoms with E-state index in [0.29, 0.717) is 24.0 Å². The van der Waals surface area contributed by atoms with Crippen molar-refractivity contribution in [3.05, 3.63) is 83.2 Å². The van der Waals surface area contributed by atoms with Crippen molar-refractivity contribution in [1.82, 2.24) is 20.0 Å². The molecule has 1 N–H and O–H groups in total. The SMILES string of the molecule is C=C(C)NCCC(c1nc2cc(-c3c(C)noc3C)ccc2n1C1CCC(OC(C)C)CC1)[C@H](C)CC.Cc1ccc(F)c(F)c1. The van der Waals surface area contributed by atoms with Gasteiger partial charge in [0.25, 0.3) is 0 Å². The summed E-state index contributed by atoms with van der Waals surface area (Å²) in [7, 11) is 0. The van der Waals surface area contributed by atoms with E-state index in [9.17, 15) is 8.78 Å². The second kappa shape index (κ2) is 15.9. The summed E-state index contributed by atoms with van der Waals surface area (Å²) < 4.78 is 38.6. The van der Waals surface area contributed by atoms with E-state index < -0.39 is 11.6 Å². The van der Waals surface area contributed by atoms with Gasteiger partial charge in [-0.25, -0.2) is 13.8 Å². The van der Waals surface area contributed by atoms with Crippen LogP contribution >= 0.6 is 0 Å². The first kappa shape index (κ1) is 35.3. The fourth-order valence-electron chi connectivity index (χ4n) is 6.63. The number of ether oxygens (including phenoxy) is 1. The Morgan fingerprint density at radius 1 is 1.04 bits per heavy atom. The maximum atomic E-state index is 12.2. The van der Waals surface area contributed by atoms with Gasteiger partial charge in [-0.3, -0.25) is 0 Å². The van der Waals surface area contributed by atoms with Crippen LogP contribution in [0.2, 0.25) is 0 Å². The molecule has 1 fully saturated rings. The Bertz CT molecular complexity index is 1580. The molecule has 1 aliphatic carbocycles. The van der Waals surface area contributed by atoms with Crippen LogP contribution in [0.25, 0.3) is 22.2 Å². The van der Waals surface area contributed by atoms with Crippen molar-refractivity contribution in [2.75, 3.05) is 6.54 Å². The van der Waals surface area contributed by atoms with E-state index >= 15 is 0 Å². The Morgan fingerprint density at radius 2 is 1.76 bits per heavy atom. The molecule has 5 rings (SSSR count). The standard InChI is InChI=1S/C31H46N4O2.C7H6F2/c1-9-21(6)27(16-17-32-19(2)3)31-33-28-18-24(30-22(7)34-37-23(30)8)10-15-29(28)35(31)25-11-13-26(14-12-25)36-20(4)5;1-5-2-3-6(8)7(9)4-5/h10,15,18,20-21,25-27,32H,2,9,11-14,16-17H2,1,3-8H3;2-4H,1H3/t21-,25?,26?,27?;/m1./s1. The predicted molar refractivity (Wildman–Crippen MR) is 183 cm³/mol. The van der Waals surface area contributed by atoms with Crippen molar-refractivity contribution in [1.29, 1.82) is 0 Å². The summed E-state index contributed by atoms with van der Waals surface area (Å²) in [4.78, 5) is 5.38. The fourth-order valence-corrected chi connectivity index (χ4v) is 6.63. The Morgan fingerprint density at radius 3 is 2.33 bits per heavy atom. The number of fused-ring (bicyclic) bond motifs is 1. The lowest BCUT2D eigenvalue weighted by Gasteiger charge is -2.33. The number of imidazole rings is 1. The van der Waals surface area contributed by atoms with Crippen LogP contribution in [0.3, 0.4) is 0 Å². The highest BCUT2D eigenvalue weighted by molar-refractivity contribution is 5.84. The number of allylic oxidation sites excluding steroid dienone is 1. The smallest absolute Gasteiger partial charge is 0.159 e. The normalized spacial score (nSPS) is 17.9. The molecule has 0 amide bonds. The third-order valence-electron chi connectivity index (χ3n) is 9.13. The molecule has 0 aliphatic heterocycles. The monoisotopic (exact) mass is 634 g/mol. The van der Waals surface area contributed by atoms with Crippen LogP contribution in [0.4, 0.5) is 8.78 Å². The molecule has 8 heteroatoms. The van der Waals surface area contributed by atoms with Crippen molar-refractivity contribution in [2.45, 2.75) is 118 Å².